The van der Waals surface area contributed by atoms with Crippen molar-refractivity contribution in [3.05, 3.63) is 23.0 Å². The van der Waals surface area contributed by atoms with Gasteiger partial charge in [-0.05, 0) is 12.0 Å². The number of hydrogen-bond donors (Lipinski definition) is 0. The third kappa shape index (κ3) is 1.88. The van der Waals surface area contributed by atoms with E-state index in [-0.39, 0.29) is 0 Å². The van der Waals surface area contributed by atoms with Crippen molar-refractivity contribution in [3.63, 3.8) is 0 Å². The highest BCUT2D eigenvalue weighted by atomic mass is 32.1. The Bertz CT molecular complexity index is 471. The van der Waals surface area contributed by atoms with Gasteiger partial charge in [0.25, 0.3) is 0 Å². The number of aromatic nitrogens is 2. The zero-order valence-corrected chi connectivity index (χ0v) is 10.4. The fourth-order valence-electron chi connectivity index (χ4n) is 1.55. The summed E-state index contributed by atoms with van der Waals surface area (Å²) in [6.45, 7) is 8.72. The van der Waals surface area contributed by atoms with Gasteiger partial charge >= 0.3 is 0 Å². The molecule has 0 saturated carbocycles. The molecule has 2 heterocycles. The van der Waals surface area contributed by atoms with Crippen LogP contribution in [-0.2, 0) is 0 Å². The van der Waals surface area contributed by atoms with Gasteiger partial charge in [-0.3, -0.25) is 4.98 Å². The van der Waals surface area contributed by atoms with Crippen LogP contribution in [0.3, 0.4) is 0 Å². The standard InChI is InChI=1S/C12H16N2S/c1-7(2)10-11-9(5-6-13-10)14-12(15-11)8(3)4/h5-8H,1-4H3. The van der Waals surface area contributed by atoms with Crippen LogP contribution in [0.25, 0.3) is 10.2 Å². The second kappa shape index (κ2) is 3.89. The highest BCUT2D eigenvalue weighted by Gasteiger charge is 2.12. The molecule has 0 radical (unpaired) electrons. The molecule has 2 aromatic rings. The molecule has 0 amide bonds. The number of rotatable bonds is 2. The summed E-state index contributed by atoms with van der Waals surface area (Å²) in [5.41, 5.74) is 2.28. The molecule has 0 aliphatic rings. The van der Waals surface area contributed by atoms with Gasteiger partial charge in [0.2, 0.25) is 0 Å². The Labute approximate surface area is 94.4 Å². The molecule has 2 aromatic heterocycles. The summed E-state index contributed by atoms with van der Waals surface area (Å²) in [5.74, 6) is 0.969. The average Bonchev–Trinajstić information content (AvgIpc) is 2.60. The summed E-state index contributed by atoms with van der Waals surface area (Å²) in [6, 6.07) is 2.00. The van der Waals surface area contributed by atoms with Gasteiger partial charge in [-0.1, -0.05) is 27.7 Å². The van der Waals surface area contributed by atoms with Crippen molar-refractivity contribution in [1.82, 2.24) is 9.97 Å². The lowest BCUT2D eigenvalue weighted by molar-refractivity contribution is 0.836. The molecule has 2 rings (SSSR count). The Kier molecular flexibility index (Phi) is 2.74. The molecular formula is C12H16N2S. The van der Waals surface area contributed by atoms with Crippen molar-refractivity contribution in [2.75, 3.05) is 0 Å². The minimum absolute atomic E-state index is 0.467. The number of nitrogens with zero attached hydrogens (tertiary/aromatic N) is 2. The molecule has 0 aliphatic heterocycles. The van der Waals surface area contributed by atoms with E-state index in [0.717, 1.165) is 5.52 Å². The van der Waals surface area contributed by atoms with Crippen molar-refractivity contribution < 1.29 is 0 Å². The van der Waals surface area contributed by atoms with Crippen molar-refractivity contribution in [1.29, 1.82) is 0 Å². The highest BCUT2D eigenvalue weighted by molar-refractivity contribution is 7.18. The van der Waals surface area contributed by atoms with Crippen LogP contribution in [0.15, 0.2) is 12.3 Å². The molecule has 2 nitrogen and oxygen atoms in total. The van der Waals surface area contributed by atoms with Gasteiger partial charge in [0.05, 0.1) is 20.9 Å². The lowest BCUT2D eigenvalue weighted by atomic mass is 10.1. The van der Waals surface area contributed by atoms with Gasteiger partial charge in [0, 0.05) is 12.1 Å². The molecule has 15 heavy (non-hydrogen) atoms. The van der Waals surface area contributed by atoms with Crippen molar-refractivity contribution in [3.8, 4) is 0 Å². The third-order valence-corrected chi connectivity index (χ3v) is 3.78. The summed E-state index contributed by atoms with van der Waals surface area (Å²) in [6.07, 6.45) is 1.86. The van der Waals surface area contributed by atoms with E-state index in [4.69, 9.17) is 0 Å². The smallest absolute Gasteiger partial charge is 0.0964 e. The van der Waals surface area contributed by atoms with E-state index in [1.165, 1.54) is 15.4 Å². The lowest BCUT2D eigenvalue weighted by Crippen LogP contribution is -1.91. The topological polar surface area (TPSA) is 25.8 Å². The molecular weight excluding hydrogens is 204 g/mol. The second-order valence-electron chi connectivity index (χ2n) is 4.41. The van der Waals surface area contributed by atoms with Crippen LogP contribution in [0, 0.1) is 0 Å². The molecule has 0 fully saturated rings. The van der Waals surface area contributed by atoms with Gasteiger partial charge in [-0.2, -0.15) is 0 Å². The van der Waals surface area contributed by atoms with Gasteiger partial charge in [0.15, 0.2) is 0 Å². The minimum Gasteiger partial charge on any atom is -0.259 e. The SMILES string of the molecule is CC(C)c1nc2ccnc(C(C)C)c2s1. The van der Waals surface area contributed by atoms with E-state index in [9.17, 15) is 0 Å². The highest BCUT2D eigenvalue weighted by Crippen LogP contribution is 2.31. The summed E-state index contributed by atoms with van der Waals surface area (Å²) in [5, 5.41) is 1.21. The Morgan fingerprint density at radius 1 is 1.13 bits per heavy atom. The monoisotopic (exact) mass is 220 g/mol. The zero-order chi connectivity index (χ0) is 11.0. The van der Waals surface area contributed by atoms with Gasteiger partial charge in [0.1, 0.15) is 0 Å². The van der Waals surface area contributed by atoms with E-state index >= 15 is 0 Å². The molecule has 0 bridgehead atoms. The molecule has 0 aromatic carbocycles. The van der Waals surface area contributed by atoms with Gasteiger partial charge in [-0.25, -0.2) is 4.98 Å². The van der Waals surface area contributed by atoms with Crippen molar-refractivity contribution in [2.45, 2.75) is 39.5 Å². The van der Waals surface area contributed by atoms with Crippen LogP contribution in [0.4, 0.5) is 0 Å². The minimum atomic E-state index is 0.467. The quantitative estimate of drug-likeness (QED) is 0.766. The number of fused-ring (bicyclic) bond motifs is 1. The van der Waals surface area contributed by atoms with Crippen LogP contribution < -0.4 is 0 Å². The Morgan fingerprint density at radius 3 is 2.47 bits per heavy atom. The molecule has 0 saturated heterocycles. The molecule has 3 heteroatoms. The fraction of sp³-hybridized carbons (Fsp3) is 0.500. The Morgan fingerprint density at radius 2 is 1.87 bits per heavy atom. The van der Waals surface area contributed by atoms with Crippen LogP contribution in [0.2, 0.25) is 0 Å². The first-order valence-electron chi connectivity index (χ1n) is 5.35. The Balaban J connectivity index is 2.64. The molecule has 0 aliphatic carbocycles. The molecule has 0 atom stereocenters. The van der Waals surface area contributed by atoms with E-state index in [2.05, 4.69) is 37.7 Å². The molecule has 80 valence electrons. The first-order valence-corrected chi connectivity index (χ1v) is 6.16. The van der Waals surface area contributed by atoms with Crippen LogP contribution in [0.5, 0.6) is 0 Å². The molecule has 0 spiro atoms. The summed E-state index contributed by atoms with van der Waals surface area (Å²) in [7, 11) is 0. The van der Waals surface area contributed by atoms with Crippen LogP contribution >= 0.6 is 11.3 Å². The van der Waals surface area contributed by atoms with Crippen LogP contribution in [-0.4, -0.2) is 9.97 Å². The second-order valence-corrected chi connectivity index (χ2v) is 5.44. The maximum absolute atomic E-state index is 4.63. The lowest BCUT2D eigenvalue weighted by Gasteiger charge is -2.03. The predicted octanol–water partition coefficient (Wildman–Crippen LogP) is 3.94. The van der Waals surface area contributed by atoms with Gasteiger partial charge < -0.3 is 0 Å². The maximum atomic E-state index is 4.63. The van der Waals surface area contributed by atoms with E-state index in [1.54, 1.807) is 11.3 Å². The summed E-state index contributed by atoms with van der Waals surface area (Å²) in [4.78, 5) is 9.08. The largest absolute Gasteiger partial charge is 0.259 e. The fourth-order valence-corrected chi connectivity index (χ4v) is 2.75. The predicted molar refractivity (Wildman–Crippen MR) is 65.6 cm³/mol. The Hall–Kier alpha value is -0.960. The van der Waals surface area contributed by atoms with Crippen molar-refractivity contribution >= 4 is 21.6 Å². The van der Waals surface area contributed by atoms with Crippen LogP contribution in [0.1, 0.15) is 50.2 Å². The zero-order valence-electron chi connectivity index (χ0n) is 9.61. The maximum Gasteiger partial charge on any atom is 0.0964 e. The number of pyridine rings is 1. The third-order valence-electron chi connectivity index (χ3n) is 2.39. The summed E-state index contributed by atoms with van der Waals surface area (Å²) < 4.78 is 1.26. The number of thiazole rings is 1. The van der Waals surface area contributed by atoms with E-state index < -0.39 is 0 Å². The van der Waals surface area contributed by atoms with E-state index in [1.807, 2.05) is 12.3 Å². The van der Waals surface area contributed by atoms with Gasteiger partial charge in [-0.15, -0.1) is 11.3 Å². The molecule has 0 unspecified atom stereocenters. The van der Waals surface area contributed by atoms with Crippen molar-refractivity contribution in [2.24, 2.45) is 0 Å². The average molecular weight is 220 g/mol. The first-order chi connectivity index (χ1) is 7.09. The molecule has 0 N–H and O–H groups in total. The van der Waals surface area contributed by atoms with E-state index in [0.29, 0.717) is 11.8 Å². The normalized spacial score (nSPS) is 11.9. The summed E-state index contributed by atoms with van der Waals surface area (Å²) >= 11 is 1.79. The number of hydrogen-bond acceptors (Lipinski definition) is 3. The first kappa shape index (κ1) is 10.6.